The van der Waals surface area contributed by atoms with Crippen molar-refractivity contribution in [3.63, 3.8) is 0 Å². The normalized spacial score (nSPS) is 26.8. The van der Waals surface area contributed by atoms with Crippen LogP contribution in [0.25, 0.3) is 0 Å². The van der Waals surface area contributed by atoms with E-state index in [9.17, 15) is 4.79 Å². The van der Waals surface area contributed by atoms with Gasteiger partial charge in [0.15, 0.2) is 0 Å². The maximum Gasteiger partial charge on any atom is 0.222 e. The Morgan fingerprint density at radius 1 is 1.08 bits per heavy atom. The van der Waals surface area contributed by atoms with Crippen molar-refractivity contribution in [3.8, 4) is 0 Å². The largest absolute Gasteiger partial charge is 0.346 e. The first-order valence-electron chi connectivity index (χ1n) is 8.83. The van der Waals surface area contributed by atoms with Crippen molar-refractivity contribution < 1.29 is 4.79 Å². The Kier molecular flexibility index (Phi) is 5.52. The van der Waals surface area contributed by atoms with Crippen LogP contribution in [0.1, 0.15) is 24.8 Å². The predicted octanol–water partition coefficient (Wildman–Crippen LogP) is 2.54. The van der Waals surface area contributed by atoms with Gasteiger partial charge in [-0.3, -0.25) is 14.6 Å². The lowest BCUT2D eigenvalue weighted by Crippen LogP contribution is -2.60. The molecular formula is C19H29N3OS. The molecule has 1 amide bonds. The van der Waals surface area contributed by atoms with Gasteiger partial charge in [0.1, 0.15) is 0 Å². The van der Waals surface area contributed by atoms with Crippen molar-refractivity contribution in [1.82, 2.24) is 14.7 Å². The number of amides is 1. The summed E-state index contributed by atoms with van der Waals surface area (Å²) in [7, 11) is 4.18. The highest BCUT2D eigenvalue weighted by atomic mass is 32.2. The molecule has 2 aliphatic heterocycles. The van der Waals surface area contributed by atoms with Crippen molar-refractivity contribution >= 4 is 17.7 Å². The first-order chi connectivity index (χ1) is 11.5. The topological polar surface area (TPSA) is 26.8 Å². The summed E-state index contributed by atoms with van der Waals surface area (Å²) < 4.78 is 0. The van der Waals surface area contributed by atoms with Gasteiger partial charge in [0, 0.05) is 56.6 Å². The third-order valence-corrected chi connectivity index (χ3v) is 6.53. The molecule has 5 heteroatoms. The number of nitrogens with zero attached hydrogens (tertiary/aromatic N) is 3. The Hall–Kier alpha value is -1.04. The number of hydrogen-bond donors (Lipinski definition) is 0. The first-order valence-corrected chi connectivity index (χ1v) is 10.1. The quantitative estimate of drug-likeness (QED) is 0.785. The van der Waals surface area contributed by atoms with Crippen molar-refractivity contribution in [2.45, 2.75) is 36.2 Å². The van der Waals surface area contributed by atoms with Crippen LogP contribution in [0.5, 0.6) is 0 Å². The Balaban J connectivity index is 1.69. The van der Waals surface area contributed by atoms with Crippen LogP contribution in [0.15, 0.2) is 29.2 Å². The van der Waals surface area contributed by atoms with Gasteiger partial charge in [-0.1, -0.05) is 12.1 Å². The highest BCUT2D eigenvalue weighted by Gasteiger charge is 2.41. The predicted molar refractivity (Wildman–Crippen MR) is 100 cm³/mol. The second kappa shape index (κ2) is 7.46. The fourth-order valence-electron chi connectivity index (χ4n) is 3.96. The number of likely N-dealkylation sites (tertiary alicyclic amines) is 1. The molecule has 0 aromatic heterocycles. The minimum absolute atomic E-state index is 0.151. The van der Waals surface area contributed by atoms with E-state index in [0.29, 0.717) is 12.3 Å². The summed E-state index contributed by atoms with van der Waals surface area (Å²) in [5, 5.41) is 0. The van der Waals surface area contributed by atoms with E-state index in [2.05, 4.69) is 47.4 Å². The molecular weight excluding hydrogens is 318 g/mol. The zero-order valence-electron chi connectivity index (χ0n) is 15.1. The molecule has 2 heterocycles. The van der Waals surface area contributed by atoms with Crippen LogP contribution >= 0.6 is 11.8 Å². The van der Waals surface area contributed by atoms with E-state index in [4.69, 9.17) is 0 Å². The Labute approximate surface area is 150 Å². The van der Waals surface area contributed by atoms with E-state index in [1.165, 1.54) is 10.5 Å². The molecule has 0 bridgehead atoms. The fraction of sp³-hybridized carbons (Fsp3) is 0.632. The minimum atomic E-state index is 0.151. The SMILES string of the molecule is CSc1ccc(CN2CCN(C)[C@@]3(CCC(=O)N(C)CC3)C2)cc1. The van der Waals surface area contributed by atoms with Crippen LogP contribution in [0.4, 0.5) is 0 Å². The van der Waals surface area contributed by atoms with Gasteiger partial charge in [-0.2, -0.15) is 0 Å². The molecule has 2 fully saturated rings. The monoisotopic (exact) mass is 347 g/mol. The van der Waals surface area contributed by atoms with Crippen LogP contribution in [0, 0.1) is 0 Å². The molecule has 0 unspecified atom stereocenters. The number of hydrogen-bond acceptors (Lipinski definition) is 4. The van der Waals surface area contributed by atoms with Crippen LogP contribution in [-0.2, 0) is 11.3 Å². The van der Waals surface area contributed by atoms with Gasteiger partial charge >= 0.3 is 0 Å². The number of carbonyl (C=O) groups is 1. The Morgan fingerprint density at radius 2 is 1.83 bits per heavy atom. The molecule has 0 aliphatic carbocycles. The number of piperazine rings is 1. The number of likely N-dealkylation sites (N-methyl/N-ethyl adjacent to an activating group) is 1. The van der Waals surface area contributed by atoms with E-state index < -0.39 is 0 Å². The van der Waals surface area contributed by atoms with Gasteiger partial charge in [0.25, 0.3) is 0 Å². The van der Waals surface area contributed by atoms with Crippen LogP contribution < -0.4 is 0 Å². The Morgan fingerprint density at radius 3 is 2.54 bits per heavy atom. The van der Waals surface area contributed by atoms with E-state index in [0.717, 1.165) is 45.6 Å². The molecule has 3 rings (SSSR count). The molecule has 2 saturated heterocycles. The maximum absolute atomic E-state index is 12.1. The number of carbonyl (C=O) groups excluding carboxylic acids is 1. The number of rotatable bonds is 3. The van der Waals surface area contributed by atoms with E-state index >= 15 is 0 Å². The molecule has 2 aliphatic rings. The summed E-state index contributed by atoms with van der Waals surface area (Å²) in [6, 6.07) is 8.93. The number of thioether (sulfide) groups is 1. The number of benzene rings is 1. The molecule has 0 N–H and O–H groups in total. The molecule has 1 spiro atoms. The summed E-state index contributed by atoms with van der Waals surface area (Å²) in [5.41, 5.74) is 1.53. The average molecular weight is 348 g/mol. The van der Waals surface area contributed by atoms with Gasteiger partial charge in [-0.05, 0) is 43.8 Å². The lowest BCUT2D eigenvalue weighted by molar-refractivity contribution is -0.129. The smallest absolute Gasteiger partial charge is 0.222 e. The summed E-state index contributed by atoms with van der Waals surface area (Å²) in [5.74, 6) is 0.296. The van der Waals surface area contributed by atoms with Crippen molar-refractivity contribution in [2.75, 3.05) is 46.5 Å². The Bertz CT molecular complexity index is 576. The molecule has 1 aromatic rings. The molecule has 1 atom stereocenters. The second-order valence-electron chi connectivity index (χ2n) is 7.27. The van der Waals surface area contributed by atoms with Crippen molar-refractivity contribution in [2.24, 2.45) is 0 Å². The van der Waals surface area contributed by atoms with Crippen molar-refractivity contribution in [3.05, 3.63) is 29.8 Å². The van der Waals surface area contributed by atoms with Crippen LogP contribution in [0.3, 0.4) is 0 Å². The fourth-order valence-corrected chi connectivity index (χ4v) is 4.37. The highest BCUT2D eigenvalue weighted by Crippen LogP contribution is 2.32. The third-order valence-electron chi connectivity index (χ3n) is 5.79. The average Bonchev–Trinajstić information content (AvgIpc) is 2.74. The highest BCUT2D eigenvalue weighted by molar-refractivity contribution is 7.98. The summed E-state index contributed by atoms with van der Waals surface area (Å²) in [4.78, 5) is 20.4. The third kappa shape index (κ3) is 3.79. The van der Waals surface area contributed by atoms with Gasteiger partial charge in [-0.15, -0.1) is 11.8 Å². The lowest BCUT2D eigenvalue weighted by atomic mass is 9.86. The van der Waals surface area contributed by atoms with E-state index in [-0.39, 0.29) is 5.54 Å². The van der Waals surface area contributed by atoms with E-state index in [1.807, 2.05) is 11.9 Å². The molecule has 1 aromatic carbocycles. The van der Waals surface area contributed by atoms with Crippen LogP contribution in [0.2, 0.25) is 0 Å². The molecule has 4 nitrogen and oxygen atoms in total. The van der Waals surface area contributed by atoms with Gasteiger partial charge in [0.2, 0.25) is 5.91 Å². The molecule has 0 radical (unpaired) electrons. The van der Waals surface area contributed by atoms with Gasteiger partial charge in [-0.25, -0.2) is 0 Å². The van der Waals surface area contributed by atoms with Crippen molar-refractivity contribution in [1.29, 1.82) is 0 Å². The van der Waals surface area contributed by atoms with Crippen LogP contribution in [-0.4, -0.2) is 72.7 Å². The summed E-state index contributed by atoms with van der Waals surface area (Å²) in [6.45, 7) is 5.13. The van der Waals surface area contributed by atoms with E-state index in [1.54, 1.807) is 11.8 Å². The second-order valence-corrected chi connectivity index (χ2v) is 8.15. The summed E-state index contributed by atoms with van der Waals surface area (Å²) >= 11 is 1.79. The summed E-state index contributed by atoms with van der Waals surface area (Å²) in [6.07, 6.45) is 4.85. The van der Waals surface area contributed by atoms with Gasteiger partial charge in [0.05, 0.1) is 0 Å². The lowest BCUT2D eigenvalue weighted by Gasteiger charge is -2.49. The molecule has 132 valence electrons. The van der Waals surface area contributed by atoms with Gasteiger partial charge < -0.3 is 4.90 Å². The minimum Gasteiger partial charge on any atom is -0.346 e. The molecule has 0 saturated carbocycles. The standard InChI is InChI=1S/C19H29N3OS/c1-20-11-10-19(9-8-18(20)23)15-22(13-12-21(19)2)14-16-4-6-17(24-3)7-5-16/h4-7H,8-15H2,1-3H3/t19-/m1/s1. The maximum atomic E-state index is 12.1. The first kappa shape index (κ1) is 17.8. The molecule has 24 heavy (non-hydrogen) atoms. The zero-order valence-corrected chi connectivity index (χ0v) is 15.9. The zero-order chi connectivity index (χ0) is 17.2.